The van der Waals surface area contributed by atoms with Gasteiger partial charge in [-0.2, -0.15) is 11.8 Å². The van der Waals surface area contributed by atoms with Crippen LogP contribution >= 0.6 is 11.8 Å². The standard InChI is InChI=1S/C13H19NS/c1-11(12-5-3-2-4-6-12)9-14-13-7-8-15-10-13/h2-6,11,13-14H,7-10H2,1H3. The fraction of sp³-hybridized carbons (Fsp3) is 0.538. The fourth-order valence-electron chi connectivity index (χ4n) is 1.94. The van der Waals surface area contributed by atoms with Crippen LogP contribution in [0.25, 0.3) is 0 Å². The minimum atomic E-state index is 0.622. The van der Waals surface area contributed by atoms with Gasteiger partial charge in [-0.05, 0) is 23.7 Å². The molecule has 1 aromatic carbocycles. The van der Waals surface area contributed by atoms with Crippen LogP contribution in [-0.2, 0) is 0 Å². The first-order valence-corrected chi connectivity index (χ1v) is 6.88. The Hall–Kier alpha value is -0.470. The molecule has 0 aliphatic carbocycles. The lowest BCUT2D eigenvalue weighted by Crippen LogP contribution is -2.31. The molecule has 0 spiro atoms. The van der Waals surface area contributed by atoms with Gasteiger partial charge in [0.25, 0.3) is 0 Å². The van der Waals surface area contributed by atoms with Crippen molar-refractivity contribution in [1.82, 2.24) is 5.32 Å². The maximum absolute atomic E-state index is 3.66. The van der Waals surface area contributed by atoms with E-state index in [1.54, 1.807) is 0 Å². The summed E-state index contributed by atoms with van der Waals surface area (Å²) in [5, 5.41) is 3.66. The minimum Gasteiger partial charge on any atom is -0.313 e. The number of benzene rings is 1. The largest absolute Gasteiger partial charge is 0.313 e. The molecule has 2 heteroatoms. The van der Waals surface area contributed by atoms with Crippen molar-refractivity contribution in [3.63, 3.8) is 0 Å². The number of rotatable bonds is 4. The van der Waals surface area contributed by atoms with Gasteiger partial charge in [-0.1, -0.05) is 37.3 Å². The molecule has 1 aliphatic heterocycles. The van der Waals surface area contributed by atoms with E-state index in [2.05, 4.69) is 54.3 Å². The van der Waals surface area contributed by atoms with E-state index in [0.717, 1.165) is 12.6 Å². The highest BCUT2D eigenvalue weighted by atomic mass is 32.2. The third-order valence-corrected chi connectivity index (χ3v) is 4.17. The third kappa shape index (κ3) is 3.25. The van der Waals surface area contributed by atoms with Gasteiger partial charge in [0.1, 0.15) is 0 Å². The van der Waals surface area contributed by atoms with Crippen LogP contribution in [0.3, 0.4) is 0 Å². The van der Waals surface area contributed by atoms with Gasteiger partial charge in [0.15, 0.2) is 0 Å². The Bertz CT molecular complexity index is 280. The summed E-state index contributed by atoms with van der Waals surface area (Å²) in [4.78, 5) is 0. The topological polar surface area (TPSA) is 12.0 Å². The normalized spacial score (nSPS) is 22.9. The monoisotopic (exact) mass is 221 g/mol. The fourth-order valence-corrected chi connectivity index (χ4v) is 3.13. The van der Waals surface area contributed by atoms with Gasteiger partial charge in [0, 0.05) is 18.3 Å². The van der Waals surface area contributed by atoms with E-state index in [1.807, 2.05) is 0 Å². The SMILES string of the molecule is CC(CNC1CCSC1)c1ccccc1. The molecule has 1 nitrogen and oxygen atoms in total. The molecule has 2 atom stereocenters. The Morgan fingerprint density at radius 3 is 2.87 bits per heavy atom. The zero-order valence-electron chi connectivity index (χ0n) is 9.28. The lowest BCUT2D eigenvalue weighted by atomic mass is 10.0. The number of hydrogen-bond acceptors (Lipinski definition) is 2. The maximum Gasteiger partial charge on any atom is 0.0166 e. The summed E-state index contributed by atoms with van der Waals surface area (Å²) in [7, 11) is 0. The molecule has 1 aromatic rings. The van der Waals surface area contributed by atoms with Crippen LogP contribution in [0.2, 0.25) is 0 Å². The van der Waals surface area contributed by atoms with Gasteiger partial charge < -0.3 is 5.32 Å². The van der Waals surface area contributed by atoms with Gasteiger partial charge in [-0.3, -0.25) is 0 Å². The number of hydrogen-bond donors (Lipinski definition) is 1. The van der Waals surface area contributed by atoms with Crippen LogP contribution in [-0.4, -0.2) is 24.1 Å². The van der Waals surface area contributed by atoms with Crippen molar-refractivity contribution in [2.45, 2.75) is 25.3 Å². The summed E-state index contributed by atoms with van der Waals surface area (Å²) in [6.45, 7) is 3.40. The van der Waals surface area contributed by atoms with Crippen LogP contribution in [0.15, 0.2) is 30.3 Å². The molecule has 0 bridgehead atoms. The minimum absolute atomic E-state index is 0.622. The molecule has 1 fully saturated rings. The van der Waals surface area contributed by atoms with Crippen molar-refractivity contribution in [2.75, 3.05) is 18.1 Å². The quantitative estimate of drug-likeness (QED) is 0.839. The van der Waals surface area contributed by atoms with Crippen molar-refractivity contribution in [3.8, 4) is 0 Å². The van der Waals surface area contributed by atoms with Crippen molar-refractivity contribution in [3.05, 3.63) is 35.9 Å². The van der Waals surface area contributed by atoms with E-state index in [9.17, 15) is 0 Å². The molecule has 1 N–H and O–H groups in total. The highest BCUT2D eigenvalue weighted by molar-refractivity contribution is 7.99. The molecule has 0 saturated carbocycles. The second kappa shape index (κ2) is 5.57. The van der Waals surface area contributed by atoms with Crippen LogP contribution in [0.4, 0.5) is 0 Å². The van der Waals surface area contributed by atoms with Crippen LogP contribution in [0.1, 0.15) is 24.8 Å². The predicted molar refractivity (Wildman–Crippen MR) is 68.6 cm³/mol. The molecule has 0 radical (unpaired) electrons. The van der Waals surface area contributed by atoms with E-state index in [4.69, 9.17) is 0 Å². The molecule has 1 heterocycles. The Balaban J connectivity index is 1.79. The Morgan fingerprint density at radius 2 is 2.20 bits per heavy atom. The average Bonchev–Trinajstić information content (AvgIpc) is 2.80. The van der Waals surface area contributed by atoms with Gasteiger partial charge in [0.2, 0.25) is 0 Å². The molecule has 15 heavy (non-hydrogen) atoms. The van der Waals surface area contributed by atoms with Crippen molar-refractivity contribution < 1.29 is 0 Å². The Labute approximate surface area is 96.7 Å². The lowest BCUT2D eigenvalue weighted by molar-refractivity contribution is 0.526. The molecule has 2 unspecified atom stereocenters. The molecule has 1 aliphatic rings. The summed E-state index contributed by atoms with van der Waals surface area (Å²) >= 11 is 2.07. The van der Waals surface area contributed by atoms with E-state index in [1.165, 1.54) is 23.5 Å². The van der Waals surface area contributed by atoms with Crippen LogP contribution in [0, 0.1) is 0 Å². The van der Waals surface area contributed by atoms with Crippen molar-refractivity contribution in [1.29, 1.82) is 0 Å². The van der Waals surface area contributed by atoms with E-state index in [-0.39, 0.29) is 0 Å². The predicted octanol–water partition coefficient (Wildman–Crippen LogP) is 2.89. The van der Waals surface area contributed by atoms with Crippen LogP contribution in [0.5, 0.6) is 0 Å². The summed E-state index contributed by atoms with van der Waals surface area (Å²) in [5.74, 6) is 3.25. The maximum atomic E-state index is 3.66. The first kappa shape index (κ1) is 11.0. The number of thioether (sulfide) groups is 1. The van der Waals surface area contributed by atoms with Crippen molar-refractivity contribution in [2.24, 2.45) is 0 Å². The van der Waals surface area contributed by atoms with E-state index < -0.39 is 0 Å². The number of nitrogens with one attached hydrogen (secondary N) is 1. The van der Waals surface area contributed by atoms with E-state index >= 15 is 0 Å². The summed E-state index contributed by atoms with van der Waals surface area (Å²) < 4.78 is 0. The van der Waals surface area contributed by atoms with Crippen LogP contribution < -0.4 is 5.32 Å². The molecule has 0 aromatic heterocycles. The van der Waals surface area contributed by atoms with Gasteiger partial charge in [-0.25, -0.2) is 0 Å². The summed E-state index contributed by atoms with van der Waals surface area (Å²) in [5.41, 5.74) is 1.44. The zero-order valence-corrected chi connectivity index (χ0v) is 10.1. The second-order valence-corrected chi connectivity index (χ2v) is 5.43. The van der Waals surface area contributed by atoms with E-state index in [0.29, 0.717) is 5.92 Å². The summed E-state index contributed by atoms with van der Waals surface area (Å²) in [6.07, 6.45) is 1.34. The zero-order chi connectivity index (χ0) is 10.5. The highest BCUT2D eigenvalue weighted by Crippen LogP contribution is 2.19. The Morgan fingerprint density at radius 1 is 1.40 bits per heavy atom. The Kier molecular flexibility index (Phi) is 4.09. The molecular formula is C13H19NS. The second-order valence-electron chi connectivity index (χ2n) is 4.28. The van der Waals surface area contributed by atoms with Crippen molar-refractivity contribution >= 4 is 11.8 Å². The highest BCUT2D eigenvalue weighted by Gasteiger charge is 2.15. The first-order valence-electron chi connectivity index (χ1n) is 5.72. The molecule has 82 valence electrons. The molecular weight excluding hydrogens is 202 g/mol. The smallest absolute Gasteiger partial charge is 0.0166 e. The molecule has 2 rings (SSSR count). The summed E-state index contributed by atoms with van der Waals surface area (Å²) in [6, 6.07) is 11.5. The van der Waals surface area contributed by atoms with Gasteiger partial charge in [-0.15, -0.1) is 0 Å². The van der Waals surface area contributed by atoms with Gasteiger partial charge >= 0.3 is 0 Å². The van der Waals surface area contributed by atoms with Gasteiger partial charge in [0.05, 0.1) is 0 Å². The molecule has 1 saturated heterocycles. The molecule has 0 amide bonds. The third-order valence-electron chi connectivity index (χ3n) is 3.01. The first-order chi connectivity index (χ1) is 7.36. The average molecular weight is 221 g/mol. The lowest BCUT2D eigenvalue weighted by Gasteiger charge is -2.16.